The molecule has 0 aliphatic carbocycles. The zero-order valence-corrected chi connectivity index (χ0v) is 21.2. The Labute approximate surface area is 216 Å². The summed E-state index contributed by atoms with van der Waals surface area (Å²) in [4.78, 5) is 52.6. The van der Waals surface area contributed by atoms with Crippen molar-refractivity contribution in [2.75, 3.05) is 31.5 Å². The minimum Gasteiger partial charge on any atom is -0.338 e. The highest BCUT2D eigenvalue weighted by Gasteiger charge is 2.33. The number of nitro groups is 1. The molecule has 198 valence electrons. The predicted molar refractivity (Wildman–Crippen MR) is 140 cm³/mol. The first-order valence-electron chi connectivity index (χ1n) is 12.5. The fraction of sp³-hybridized carbons (Fsp3) is 0.423. The molecule has 0 spiro atoms. The van der Waals surface area contributed by atoms with Crippen LogP contribution >= 0.6 is 0 Å². The molecule has 3 rings (SSSR count). The molecule has 2 atom stereocenters. The van der Waals surface area contributed by atoms with E-state index in [1.807, 2.05) is 37.3 Å². The van der Waals surface area contributed by atoms with Gasteiger partial charge >= 0.3 is 12.1 Å². The van der Waals surface area contributed by atoms with Crippen molar-refractivity contribution in [1.29, 1.82) is 0 Å². The summed E-state index contributed by atoms with van der Waals surface area (Å²) in [6.07, 6.45) is 2.19. The van der Waals surface area contributed by atoms with E-state index in [2.05, 4.69) is 22.9 Å². The number of nitrogens with zero attached hydrogens (tertiary/aromatic N) is 3. The van der Waals surface area contributed by atoms with E-state index in [9.17, 15) is 24.5 Å². The van der Waals surface area contributed by atoms with Crippen molar-refractivity contribution in [3.63, 3.8) is 0 Å². The molecule has 3 N–H and O–H groups in total. The number of piperazine rings is 1. The highest BCUT2D eigenvalue weighted by atomic mass is 16.6. The van der Waals surface area contributed by atoms with Crippen molar-refractivity contribution in [3.05, 3.63) is 70.3 Å². The van der Waals surface area contributed by atoms with E-state index >= 15 is 0 Å². The van der Waals surface area contributed by atoms with Gasteiger partial charge in [-0.1, -0.05) is 43.7 Å². The zero-order chi connectivity index (χ0) is 26.8. The van der Waals surface area contributed by atoms with Gasteiger partial charge in [-0.2, -0.15) is 0 Å². The van der Waals surface area contributed by atoms with Gasteiger partial charge in [0, 0.05) is 56.5 Å². The summed E-state index contributed by atoms with van der Waals surface area (Å²) in [6.45, 7) is 5.70. The largest absolute Gasteiger partial charge is 0.338 e. The van der Waals surface area contributed by atoms with E-state index in [4.69, 9.17) is 0 Å². The number of hydrogen-bond donors (Lipinski definition) is 3. The van der Waals surface area contributed by atoms with E-state index in [-0.39, 0.29) is 23.7 Å². The summed E-state index contributed by atoms with van der Waals surface area (Å²) in [5, 5.41) is 19.2. The fourth-order valence-electron chi connectivity index (χ4n) is 4.20. The standard InChI is InChI=1S/C26H34N6O5/c1-3-4-14-27-26(35)31-16-15-30(18-19(31)2)24(33)23(17-20-8-6-5-7-9-20)29-25(34)28-21-10-12-22(13-11-21)32(36)37/h5-13,19,23H,3-4,14-18H2,1-2H3,(H,27,35)(H2,28,29,34). The molecule has 2 aromatic rings. The zero-order valence-electron chi connectivity index (χ0n) is 21.2. The minimum atomic E-state index is -0.836. The Morgan fingerprint density at radius 2 is 1.78 bits per heavy atom. The number of anilines is 1. The second-order valence-electron chi connectivity index (χ2n) is 9.06. The van der Waals surface area contributed by atoms with Gasteiger partial charge in [0.25, 0.3) is 5.69 Å². The molecule has 0 saturated carbocycles. The Balaban J connectivity index is 1.66. The van der Waals surface area contributed by atoms with Crippen LogP contribution < -0.4 is 16.0 Å². The summed E-state index contributed by atoms with van der Waals surface area (Å²) < 4.78 is 0. The van der Waals surface area contributed by atoms with Crippen LogP contribution in [0.15, 0.2) is 54.6 Å². The molecule has 1 aliphatic rings. The van der Waals surface area contributed by atoms with Crippen molar-refractivity contribution in [1.82, 2.24) is 20.4 Å². The van der Waals surface area contributed by atoms with Crippen molar-refractivity contribution >= 4 is 29.3 Å². The van der Waals surface area contributed by atoms with E-state index < -0.39 is 17.0 Å². The van der Waals surface area contributed by atoms with Gasteiger partial charge in [-0.25, -0.2) is 9.59 Å². The third-order valence-electron chi connectivity index (χ3n) is 6.23. The van der Waals surface area contributed by atoms with Crippen molar-refractivity contribution in [3.8, 4) is 0 Å². The molecule has 11 nitrogen and oxygen atoms in total. The first-order valence-corrected chi connectivity index (χ1v) is 12.5. The van der Waals surface area contributed by atoms with Crippen molar-refractivity contribution in [2.24, 2.45) is 0 Å². The Bertz CT molecular complexity index is 1080. The Kier molecular flexibility index (Phi) is 9.82. The van der Waals surface area contributed by atoms with Crippen LogP contribution in [-0.4, -0.2) is 71.0 Å². The van der Waals surface area contributed by atoms with E-state index in [0.717, 1.165) is 18.4 Å². The maximum absolute atomic E-state index is 13.5. The number of nitro benzene ring substituents is 1. The third kappa shape index (κ3) is 7.92. The predicted octanol–water partition coefficient (Wildman–Crippen LogP) is 3.37. The first kappa shape index (κ1) is 27.4. The third-order valence-corrected chi connectivity index (χ3v) is 6.23. The lowest BCUT2D eigenvalue weighted by Gasteiger charge is -2.41. The van der Waals surface area contributed by atoms with Gasteiger partial charge in [-0.15, -0.1) is 0 Å². The average Bonchev–Trinajstić information content (AvgIpc) is 2.88. The number of benzene rings is 2. The Hall–Kier alpha value is -4.15. The molecule has 37 heavy (non-hydrogen) atoms. The van der Waals surface area contributed by atoms with Gasteiger partial charge in [0.2, 0.25) is 5.91 Å². The lowest BCUT2D eigenvalue weighted by molar-refractivity contribution is -0.384. The normalized spacial score (nSPS) is 16.0. The van der Waals surface area contributed by atoms with Crippen LogP contribution in [0.1, 0.15) is 32.3 Å². The molecule has 2 aromatic carbocycles. The summed E-state index contributed by atoms with van der Waals surface area (Å²) in [6, 6.07) is 13.1. The summed E-state index contributed by atoms with van der Waals surface area (Å²) in [7, 11) is 0. The highest BCUT2D eigenvalue weighted by molar-refractivity contribution is 5.94. The molecule has 0 bridgehead atoms. The lowest BCUT2D eigenvalue weighted by Crippen LogP contribution is -2.60. The fourth-order valence-corrected chi connectivity index (χ4v) is 4.20. The minimum absolute atomic E-state index is 0.0876. The number of carbonyl (C=O) groups is 3. The molecule has 0 aromatic heterocycles. The topological polar surface area (TPSA) is 137 Å². The number of nitrogens with one attached hydrogen (secondary N) is 3. The Morgan fingerprint density at radius 3 is 2.41 bits per heavy atom. The maximum Gasteiger partial charge on any atom is 0.319 e. The second kappa shape index (κ2) is 13.2. The number of hydrogen-bond acceptors (Lipinski definition) is 5. The van der Waals surface area contributed by atoms with Gasteiger partial charge in [-0.3, -0.25) is 14.9 Å². The molecule has 1 aliphatic heterocycles. The first-order chi connectivity index (χ1) is 17.8. The van der Waals surface area contributed by atoms with Gasteiger partial charge in [0.1, 0.15) is 6.04 Å². The van der Waals surface area contributed by atoms with Crippen LogP contribution in [0.2, 0.25) is 0 Å². The van der Waals surface area contributed by atoms with Gasteiger partial charge < -0.3 is 25.8 Å². The molecule has 1 fully saturated rings. The van der Waals surface area contributed by atoms with Crippen molar-refractivity contribution < 1.29 is 19.3 Å². The van der Waals surface area contributed by atoms with E-state index in [0.29, 0.717) is 38.3 Å². The summed E-state index contributed by atoms with van der Waals surface area (Å²) in [5.74, 6) is -0.236. The van der Waals surface area contributed by atoms with Crippen molar-refractivity contribution in [2.45, 2.75) is 45.2 Å². The van der Waals surface area contributed by atoms with Gasteiger partial charge in [0.15, 0.2) is 0 Å². The van der Waals surface area contributed by atoms with Crippen LogP contribution in [0.3, 0.4) is 0 Å². The maximum atomic E-state index is 13.5. The number of unbranched alkanes of at least 4 members (excludes halogenated alkanes) is 1. The number of urea groups is 2. The molecule has 5 amide bonds. The van der Waals surface area contributed by atoms with E-state index in [1.54, 1.807) is 9.80 Å². The highest BCUT2D eigenvalue weighted by Crippen LogP contribution is 2.16. The molecule has 0 radical (unpaired) electrons. The Morgan fingerprint density at radius 1 is 1.08 bits per heavy atom. The summed E-state index contributed by atoms with van der Waals surface area (Å²) >= 11 is 0. The molecule has 1 heterocycles. The molecule has 1 saturated heterocycles. The van der Waals surface area contributed by atoms with Crippen LogP contribution in [-0.2, 0) is 11.2 Å². The number of non-ortho nitro benzene ring substituents is 1. The van der Waals surface area contributed by atoms with Crippen LogP contribution in [0, 0.1) is 10.1 Å². The lowest BCUT2D eigenvalue weighted by atomic mass is 10.0. The van der Waals surface area contributed by atoms with E-state index in [1.165, 1.54) is 24.3 Å². The number of carbonyl (C=O) groups excluding carboxylic acids is 3. The van der Waals surface area contributed by atoms with Gasteiger partial charge in [-0.05, 0) is 31.0 Å². The van der Waals surface area contributed by atoms with Crippen LogP contribution in [0.5, 0.6) is 0 Å². The monoisotopic (exact) mass is 510 g/mol. The van der Waals surface area contributed by atoms with Gasteiger partial charge in [0.05, 0.1) is 4.92 Å². The molecular formula is C26H34N6O5. The molecule has 11 heteroatoms. The van der Waals surface area contributed by atoms with Crippen LogP contribution in [0.4, 0.5) is 21.0 Å². The number of rotatable bonds is 9. The molecule has 2 unspecified atom stereocenters. The smallest absolute Gasteiger partial charge is 0.319 e. The molecular weight excluding hydrogens is 476 g/mol. The SMILES string of the molecule is CCCCNC(=O)N1CCN(C(=O)C(Cc2ccccc2)NC(=O)Nc2ccc([N+](=O)[O-])cc2)CC1C. The van der Waals surface area contributed by atoms with Crippen LogP contribution in [0.25, 0.3) is 0 Å². The quantitative estimate of drug-likeness (QED) is 0.270. The summed E-state index contributed by atoms with van der Waals surface area (Å²) in [5.41, 5.74) is 1.17. The second-order valence-corrected chi connectivity index (χ2v) is 9.06. The number of amides is 5. The average molecular weight is 511 g/mol.